The van der Waals surface area contributed by atoms with Gasteiger partial charge in [-0.25, -0.2) is 0 Å². The second-order valence-corrected chi connectivity index (χ2v) is 6.50. The summed E-state index contributed by atoms with van der Waals surface area (Å²) in [7, 11) is 0. The summed E-state index contributed by atoms with van der Waals surface area (Å²) in [5.74, 6) is 0.490. The van der Waals surface area contributed by atoms with Gasteiger partial charge in [-0.05, 0) is 35.0 Å². The lowest BCUT2D eigenvalue weighted by Gasteiger charge is -2.04. The molecule has 4 aromatic rings. The Hall–Kier alpha value is -2.33. The van der Waals surface area contributed by atoms with Gasteiger partial charge >= 0.3 is 0 Å². The van der Waals surface area contributed by atoms with Crippen molar-refractivity contribution in [1.29, 1.82) is 0 Å². The number of hydrogen-bond donors (Lipinski definition) is 1. The lowest BCUT2D eigenvalue weighted by Crippen LogP contribution is -1.89. The molecule has 3 nitrogen and oxygen atoms in total. The molecule has 1 N–H and O–H groups in total. The highest BCUT2D eigenvalue weighted by Gasteiger charge is 2.19. The predicted molar refractivity (Wildman–Crippen MR) is 101 cm³/mol. The minimum absolute atomic E-state index is 0.193. The van der Waals surface area contributed by atoms with Crippen LogP contribution in [0.5, 0.6) is 0 Å². The van der Waals surface area contributed by atoms with Gasteiger partial charge in [-0.1, -0.05) is 64.8 Å². The molecule has 0 saturated carbocycles. The maximum Gasteiger partial charge on any atom is 0.173 e. The van der Waals surface area contributed by atoms with Crippen molar-refractivity contribution in [2.45, 2.75) is 6.61 Å². The van der Waals surface area contributed by atoms with Crippen LogP contribution >= 0.6 is 23.2 Å². The molecule has 1 heterocycles. The molecule has 0 fully saturated rings. The van der Waals surface area contributed by atoms with Crippen molar-refractivity contribution in [3.05, 3.63) is 76.3 Å². The van der Waals surface area contributed by atoms with Crippen molar-refractivity contribution in [2.75, 3.05) is 0 Å². The number of nitrogens with zero attached hydrogens (tertiary/aromatic N) is 1. The van der Waals surface area contributed by atoms with E-state index in [1.54, 1.807) is 18.2 Å². The first-order chi connectivity index (χ1) is 12.2. The van der Waals surface area contributed by atoms with Gasteiger partial charge in [0.15, 0.2) is 5.76 Å². The normalized spacial score (nSPS) is 11.2. The Kier molecular flexibility index (Phi) is 4.22. The second kappa shape index (κ2) is 6.52. The largest absolute Gasteiger partial charge is 0.391 e. The lowest BCUT2D eigenvalue weighted by atomic mass is 10.0. The predicted octanol–water partition coefficient (Wildman–Crippen LogP) is 5.96. The zero-order chi connectivity index (χ0) is 17.4. The summed E-state index contributed by atoms with van der Waals surface area (Å²) >= 11 is 12.1. The third-order valence-electron chi connectivity index (χ3n) is 4.15. The molecule has 0 aliphatic carbocycles. The summed E-state index contributed by atoms with van der Waals surface area (Å²) in [6.45, 7) is -0.193. The zero-order valence-electron chi connectivity index (χ0n) is 13.0. The van der Waals surface area contributed by atoms with E-state index in [9.17, 15) is 5.11 Å². The number of benzene rings is 3. The van der Waals surface area contributed by atoms with Gasteiger partial charge in [0.05, 0.1) is 22.2 Å². The van der Waals surface area contributed by atoms with Gasteiger partial charge in [0, 0.05) is 11.1 Å². The van der Waals surface area contributed by atoms with E-state index in [1.165, 1.54) is 0 Å². The zero-order valence-corrected chi connectivity index (χ0v) is 14.6. The van der Waals surface area contributed by atoms with Gasteiger partial charge in [-0.3, -0.25) is 0 Å². The fourth-order valence-electron chi connectivity index (χ4n) is 2.88. The standard InChI is InChI=1S/C20H13Cl2NO2/c21-17-8-7-15(10-18(17)22)20-16(11-24)19(23-25-20)14-6-5-12-3-1-2-4-13(12)9-14/h1-10,24H,11H2. The summed E-state index contributed by atoms with van der Waals surface area (Å²) < 4.78 is 5.52. The fourth-order valence-corrected chi connectivity index (χ4v) is 3.18. The van der Waals surface area contributed by atoms with Crippen molar-refractivity contribution in [3.63, 3.8) is 0 Å². The Labute approximate surface area is 154 Å². The molecule has 25 heavy (non-hydrogen) atoms. The van der Waals surface area contributed by atoms with Crippen molar-refractivity contribution in [2.24, 2.45) is 0 Å². The van der Waals surface area contributed by atoms with Crippen molar-refractivity contribution in [1.82, 2.24) is 5.16 Å². The first-order valence-electron chi connectivity index (χ1n) is 7.71. The molecule has 0 unspecified atom stereocenters. The van der Waals surface area contributed by atoms with Crippen LogP contribution in [0.4, 0.5) is 0 Å². The molecule has 4 rings (SSSR count). The van der Waals surface area contributed by atoms with Crippen molar-refractivity contribution in [3.8, 4) is 22.6 Å². The molecule has 124 valence electrons. The maximum atomic E-state index is 9.89. The van der Waals surface area contributed by atoms with E-state index in [0.29, 0.717) is 27.1 Å². The number of aliphatic hydroxyl groups is 1. The Balaban J connectivity index is 1.85. The Bertz CT molecular complexity index is 1070. The average Bonchev–Trinajstić information content (AvgIpc) is 3.07. The average molecular weight is 370 g/mol. The molecule has 0 saturated heterocycles. The number of fused-ring (bicyclic) bond motifs is 1. The minimum Gasteiger partial charge on any atom is -0.391 e. The molecule has 0 bridgehead atoms. The van der Waals surface area contributed by atoms with Crippen LogP contribution in [0.3, 0.4) is 0 Å². The molecular formula is C20H13Cl2NO2. The fraction of sp³-hybridized carbons (Fsp3) is 0.0500. The summed E-state index contributed by atoms with van der Waals surface area (Å²) in [5.41, 5.74) is 2.85. The van der Waals surface area contributed by atoms with E-state index < -0.39 is 0 Å². The third kappa shape index (κ3) is 2.91. The molecule has 5 heteroatoms. The number of aromatic nitrogens is 1. The summed E-state index contributed by atoms with van der Waals surface area (Å²) in [6.07, 6.45) is 0. The van der Waals surface area contributed by atoms with Gasteiger partial charge in [0.1, 0.15) is 5.69 Å². The Morgan fingerprint density at radius 1 is 0.840 bits per heavy atom. The van der Waals surface area contributed by atoms with Gasteiger partial charge in [-0.2, -0.15) is 0 Å². The van der Waals surface area contributed by atoms with E-state index in [4.69, 9.17) is 27.7 Å². The molecule has 0 aliphatic rings. The number of aliphatic hydroxyl groups excluding tert-OH is 1. The second-order valence-electron chi connectivity index (χ2n) is 5.69. The molecule has 0 spiro atoms. The molecule has 0 radical (unpaired) electrons. The van der Waals surface area contributed by atoms with Crippen LogP contribution in [0, 0.1) is 0 Å². The van der Waals surface area contributed by atoms with Crippen LogP contribution in [-0.4, -0.2) is 10.3 Å². The highest BCUT2D eigenvalue weighted by molar-refractivity contribution is 6.42. The quantitative estimate of drug-likeness (QED) is 0.484. The van der Waals surface area contributed by atoms with E-state index in [2.05, 4.69) is 11.2 Å². The first-order valence-corrected chi connectivity index (χ1v) is 8.47. The molecule has 0 aliphatic heterocycles. The van der Waals surface area contributed by atoms with Crippen LogP contribution in [0.15, 0.2) is 65.2 Å². The monoisotopic (exact) mass is 369 g/mol. The van der Waals surface area contributed by atoms with E-state index in [1.807, 2.05) is 36.4 Å². The number of hydrogen-bond acceptors (Lipinski definition) is 3. The highest BCUT2D eigenvalue weighted by Crippen LogP contribution is 2.35. The molecule has 0 atom stereocenters. The summed E-state index contributed by atoms with van der Waals surface area (Å²) in [4.78, 5) is 0. The van der Waals surface area contributed by atoms with Gasteiger partial charge in [-0.15, -0.1) is 0 Å². The van der Waals surface area contributed by atoms with Crippen LogP contribution in [0.25, 0.3) is 33.4 Å². The summed E-state index contributed by atoms with van der Waals surface area (Å²) in [5, 5.41) is 17.2. The van der Waals surface area contributed by atoms with Gasteiger partial charge in [0.2, 0.25) is 0 Å². The SMILES string of the molecule is OCc1c(-c2ccc3ccccc3c2)noc1-c1ccc(Cl)c(Cl)c1. The Morgan fingerprint density at radius 2 is 1.60 bits per heavy atom. The van der Waals surface area contributed by atoms with E-state index in [0.717, 1.165) is 21.9 Å². The van der Waals surface area contributed by atoms with Crippen LogP contribution in [0.1, 0.15) is 5.56 Å². The van der Waals surface area contributed by atoms with Crippen molar-refractivity contribution >= 4 is 34.0 Å². The Morgan fingerprint density at radius 3 is 2.36 bits per heavy atom. The molecular weight excluding hydrogens is 357 g/mol. The number of halogens is 2. The molecule has 0 amide bonds. The molecule has 3 aromatic carbocycles. The minimum atomic E-state index is -0.193. The van der Waals surface area contributed by atoms with Crippen LogP contribution in [0.2, 0.25) is 10.0 Å². The van der Waals surface area contributed by atoms with E-state index >= 15 is 0 Å². The van der Waals surface area contributed by atoms with Crippen LogP contribution in [-0.2, 0) is 6.61 Å². The maximum absolute atomic E-state index is 9.89. The highest BCUT2D eigenvalue weighted by atomic mass is 35.5. The van der Waals surface area contributed by atoms with E-state index in [-0.39, 0.29) is 6.61 Å². The number of rotatable bonds is 3. The lowest BCUT2D eigenvalue weighted by molar-refractivity contribution is 0.281. The van der Waals surface area contributed by atoms with Crippen LogP contribution < -0.4 is 0 Å². The summed E-state index contributed by atoms with van der Waals surface area (Å²) in [6, 6.07) is 19.3. The van der Waals surface area contributed by atoms with Gasteiger partial charge < -0.3 is 9.63 Å². The molecule has 1 aromatic heterocycles. The topological polar surface area (TPSA) is 46.3 Å². The third-order valence-corrected chi connectivity index (χ3v) is 4.89. The first kappa shape index (κ1) is 16.2. The van der Waals surface area contributed by atoms with Crippen molar-refractivity contribution < 1.29 is 9.63 Å². The smallest absolute Gasteiger partial charge is 0.173 e. The van der Waals surface area contributed by atoms with Gasteiger partial charge in [0.25, 0.3) is 0 Å².